The van der Waals surface area contributed by atoms with Crippen molar-refractivity contribution in [3.05, 3.63) is 85.1 Å². The molecule has 0 aliphatic carbocycles. The first-order valence-electron chi connectivity index (χ1n) is 22.0. The molecule has 5 aromatic rings. The summed E-state index contributed by atoms with van der Waals surface area (Å²) in [6.45, 7) is 3.97. The number of nitrogens with two attached hydrogens (primary N) is 1. The van der Waals surface area contributed by atoms with Crippen LogP contribution in [0.5, 0.6) is 11.5 Å². The van der Waals surface area contributed by atoms with E-state index < -0.39 is 11.6 Å². The number of ether oxygens (including phenoxy) is 1. The molecule has 5 N–H and O–H groups in total. The highest BCUT2D eigenvalue weighted by atomic mass is 16.5. The van der Waals surface area contributed by atoms with Crippen LogP contribution in [-0.2, 0) is 14.4 Å². The number of imide groups is 1. The zero-order valence-corrected chi connectivity index (χ0v) is 34.7. The SMILES string of the molecule is Nc1nnc(-c2ccccc2O)cc1N1C[C@H]2CC[C@@H](C1)N2c1cccc(OC2CCN(C(=O)CC3(O)CCN(c4cccc5c4ccn5C4CCC(=O)NC4=O)CC3)CC2)c1. The van der Waals surface area contributed by atoms with Gasteiger partial charge in [-0.2, -0.15) is 0 Å². The lowest BCUT2D eigenvalue weighted by atomic mass is 9.87. The van der Waals surface area contributed by atoms with Gasteiger partial charge in [0, 0.05) is 105 Å². The fourth-order valence-electron chi connectivity index (χ4n) is 10.5. The molecule has 0 radical (unpaired) electrons. The number of phenolic OH excluding ortho intramolecular Hbond substituents is 1. The third-order valence-electron chi connectivity index (χ3n) is 13.8. The molecule has 3 atom stereocenters. The van der Waals surface area contributed by atoms with E-state index in [2.05, 4.69) is 54.5 Å². The average molecular weight is 840 g/mol. The minimum Gasteiger partial charge on any atom is -0.507 e. The van der Waals surface area contributed by atoms with Crippen LogP contribution in [0.3, 0.4) is 0 Å². The first kappa shape index (κ1) is 39.8. The van der Waals surface area contributed by atoms with Crippen molar-refractivity contribution in [2.75, 3.05) is 59.7 Å². The van der Waals surface area contributed by atoms with Gasteiger partial charge < -0.3 is 44.9 Å². The number of rotatable bonds is 9. The predicted octanol–water partition coefficient (Wildman–Crippen LogP) is 5.01. The molecule has 15 nitrogen and oxygen atoms in total. The van der Waals surface area contributed by atoms with Crippen LogP contribution in [0.1, 0.15) is 63.8 Å². The number of aromatic hydroxyl groups is 1. The molecule has 5 aliphatic rings. The second-order valence-electron chi connectivity index (χ2n) is 17.7. The topological polar surface area (TPSA) is 183 Å². The van der Waals surface area contributed by atoms with Crippen molar-refractivity contribution in [3.8, 4) is 22.8 Å². The lowest BCUT2D eigenvalue weighted by Crippen LogP contribution is -2.54. The minimum atomic E-state index is -1.07. The van der Waals surface area contributed by atoms with Gasteiger partial charge in [-0.25, -0.2) is 0 Å². The number of aliphatic hydroxyl groups is 1. The third-order valence-corrected chi connectivity index (χ3v) is 13.8. The number of benzene rings is 3. The van der Waals surface area contributed by atoms with E-state index in [4.69, 9.17) is 10.5 Å². The Morgan fingerprint density at radius 1 is 0.839 bits per heavy atom. The summed E-state index contributed by atoms with van der Waals surface area (Å²) in [5, 5.41) is 34.1. The number of piperazine rings is 1. The molecule has 15 heteroatoms. The Hall–Kier alpha value is -6.35. The van der Waals surface area contributed by atoms with Gasteiger partial charge in [0.15, 0.2) is 5.82 Å². The van der Waals surface area contributed by atoms with Gasteiger partial charge in [0.25, 0.3) is 0 Å². The summed E-state index contributed by atoms with van der Waals surface area (Å²) in [7, 11) is 0. The summed E-state index contributed by atoms with van der Waals surface area (Å²) < 4.78 is 8.51. The zero-order chi connectivity index (χ0) is 42.5. The molecule has 7 heterocycles. The first-order valence-corrected chi connectivity index (χ1v) is 22.0. The van der Waals surface area contributed by atoms with E-state index >= 15 is 0 Å². The fraction of sp³-hybridized carbons (Fsp3) is 0.426. The Morgan fingerprint density at radius 3 is 2.35 bits per heavy atom. The van der Waals surface area contributed by atoms with Crippen molar-refractivity contribution in [1.82, 2.24) is 25.0 Å². The highest BCUT2D eigenvalue weighted by Crippen LogP contribution is 2.41. The molecule has 2 aromatic heterocycles. The number of nitrogen functional groups attached to an aromatic ring is 1. The smallest absolute Gasteiger partial charge is 0.249 e. The van der Waals surface area contributed by atoms with Crippen molar-refractivity contribution in [2.45, 2.75) is 87.6 Å². The largest absolute Gasteiger partial charge is 0.507 e. The maximum atomic E-state index is 13.6. The lowest BCUT2D eigenvalue weighted by Gasteiger charge is -2.43. The molecule has 3 amide bonds. The van der Waals surface area contributed by atoms with Gasteiger partial charge in [0.05, 0.1) is 28.9 Å². The van der Waals surface area contributed by atoms with Crippen molar-refractivity contribution < 1.29 is 29.3 Å². The number of hydrogen-bond acceptors (Lipinski definition) is 12. The zero-order valence-electron chi connectivity index (χ0n) is 34.7. The summed E-state index contributed by atoms with van der Waals surface area (Å²) >= 11 is 0. The van der Waals surface area contributed by atoms with E-state index in [1.54, 1.807) is 12.1 Å². The molecule has 10 rings (SSSR count). The average Bonchev–Trinajstić information content (AvgIpc) is 3.82. The molecule has 322 valence electrons. The maximum Gasteiger partial charge on any atom is 0.249 e. The highest BCUT2D eigenvalue weighted by molar-refractivity contribution is 6.01. The number of carbonyl (C=O) groups excluding carboxylic acids is 3. The molecule has 5 fully saturated rings. The number of nitrogens with zero attached hydrogens (tertiary/aromatic N) is 7. The van der Waals surface area contributed by atoms with Gasteiger partial charge in [-0.3, -0.25) is 19.7 Å². The fourth-order valence-corrected chi connectivity index (χ4v) is 10.5. The number of amides is 3. The normalized spacial score (nSPS) is 22.9. The number of para-hydroxylation sites is 1. The van der Waals surface area contributed by atoms with Crippen LogP contribution in [0.4, 0.5) is 22.9 Å². The van der Waals surface area contributed by atoms with Crippen molar-refractivity contribution in [1.29, 1.82) is 0 Å². The molecule has 3 aromatic carbocycles. The van der Waals surface area contributed by atoms with Gasteiger partial charge in [-0.15, -0.1) is 10.2 Å². The van der Waals surface area contributed by atoms with Crippen LogP contribution in [-0.4, -0.2) is 111 Å². The second-order valence-corrected chi connectivity index (χ2v) is 17.7. The molecular formula is C47H53N9O6. The number of piperidine rings is 3. The van der Waals surface area contributed by atoms with Crippen molar-refractivity contribution in [2.24, 2.45) is 0 Å². The van der Waals surface area contributed by atoms with Crippen LogP contribution in [0, 0.1) is 0 Å². The van der Waals surface area contributed by atoms with Crippen molar-refractivity contribution in [3.63, 3.8) is 0 Å². The lowest BCUT2D eigenvalue weighted by molar-refractivity contribution is -0.139. The van der Waals surface area contributed by atoms with Gasteiger partial charge in [-0.05, 0) is 80.6 Å². The van der Waals surface area contributed by atoms with E-state index in [0.29, 0.717) is 68.9 Å². The Balaban J connectivity index is 0.717. The Bertz CT molecular complexity index is 2500. The number of likely N-dealkylation sites (tertiary alicyclic amines) is 1. The van der Waals surface area contributed by atoms with Gasteiger partial charge >= 0.3 is 0 Å². The molecule has 62 heavy (non-hydrogen) atoms. The van der Waals surface area contributed by atoms with E-state index in [1.807, 2.05) is 58.1 Å². The summed E-state index contributed by atoms with van der Waals surface area (Å²) in [5.74, 6) is 0.837. The Labute approximate surface area is 360 Å². The maximum absolute atomic E-state index is 13.6. The number of nitrogens with one attached hydrogen (secondary N) is 1. The number of anilines is 4. The molecule has 0 saturated carbocycles. The predicted molar refractivity (Wildman–Crippen MR) is 236 cm³/mol. The molecule has 0 spiro atoms. The Morgan fingerprint density at radius 2 is 1.60 bits per heavy atom. The van der Waals surface area contributed by atoms with Gasteiger partial charge in [0.1, 0.15) is 23.6 Å². The summed E-state index contributed by atoms with van der Waals surface area (Å²) in [6.07, 6.45) is 7.32. The van der Waals surface area contributed by atoms with E-state index in [0.717, 1.165) is 72.5 Å². The van der Waals surface area contributed by atoms with Crippen LogP contribution >= 0.6 is 0 Å². The third kappa shape index (κ3) is 7.63. The second kappa shape index (κ2) is 16.2. The van der Waals surface area contributed by atoms with Crippen molar-refractivity contribution >= 4 is 51.5 Å². The number of carbonyl (C=O) groups is 3. The van der Waals surface area contributed by atoms with Crippen LogP contribution in [0.25, 0.3) is 22.2 Å². The van der Waals surface area contributed by atoms with Gasteiger partial charge in [0.2, 0.25) is 17.7 Å². The molecule has 2 bridgehead atoms. The van der Waals surface area contributed by atoms with E-state index in [1.165, 1.54) is 0 Å². The summed E-state index contributed by atoms with van der Waals surface area (Å²) in [5.41, 5.74) is 10.5. The quantitative estimate of drug-likeness (QED) is 0.146. The van der Waals surface area contributed by atoms with E-state index in [9.17, 15) is 24.6 Å². The molecule has 5 saturated heterocycles. The summed E-state index contributed by atoms with van der Waals surface area (Å²) in [6, 6.07) is 25.6. The Kier molecular flexibility index (Phi) is 10.4. The standard InChI is InChI=1S/C47H53N9O6/c48-45-41(26-37(50-51-45)35-7-1-2-10-42(35)57)54-28-31-11-12-32(29-54)56(31)30-5-3-6-34(25-30)62-33-15-20-53(21-16-33)44(59)27-47(61)18-23-52(24-19-47)38-8-4-9-39-36(38)17-22-55(39)40-13-14-43(58)49-46(40)60/h1-10,17,22,25-26,31-33,40,57,61H,11-16,18-21,23-24,27-29H2,(H2,48,51)(H,49,58,60)/t31-,32+,40?. The number of fused-ring (bicyclic) bond motifs is 3. The number of hydrogen-bond donors (Lipinski definition) is 4. The molecule has 5 aliphatic heterocycles. The highest BCUT2D eigenvalue weighted by Gasteiger charge is 2.41. The first-order chi connectivity index (χ1) is 30.1. The molecular weight excluding hydrogens is 787 g/mol. The minimum absolute atomic E-state index is 0.0119. The summed E-state index contributed by atoms with van der Waals surface area (Å²) in [4.78, 5) is 46.9. The monoisotopic (exact) mass is 839 g/mol. The van der Waals surface area contributed by atoms with Crippen LogP contribution in [0.2, 0.25) is 0 Å². The van der Waals surface area contributed by atoms with Gasteiger partial charge in [-0.1, -0.05) is 24.3 Å². The number of phenols is 1. The van der Waals surface area contributed by atoms with Crippen LogP contribution < -0.4 is 30.5 Å². The van der Waals surface area contributed by atoms with E-state index in [-0.39, 0.29) is 48.1 Å². The molecule has 1 unspecified atom stereocenters. The van der Waals surface area contributed by atoms with Crippen LogP contribution in [0.15, 0.2) is 85.1 Å². The number of aromatic nitrogens is 3.